The first-order valence-electron chi connectivity index (χ1n) is 6.74. The van der Waals surface area contributed by atoms with Gasteiger partial charge in [-0.25, -0.2) is 0 Å². The molecule has 0 aliphatic heterocycles. The molecule has 0 atom stereocenters. The van der Waals surface area contributed by atoms with Crippen LogP contribution in [0.2, 0.25) is 15.1 Å². The van der Waals surface area contributed by atoms with Crippen molar-refractivity contribution in [2.45, 2.75) is 0 Å². The number of amides is 1. The van der Waals surface area contributed by atoms with Crippen LogP contribution in [0.4, 0.5) is 5.69 Å². The normalized spacial score (nSPS) is 10.7. The van der Waals surface area contributed by atoms with Crippen LogP contribution in [0.1, 0.15) is 5.56 Å². The smallest absolute Gasteiger partial charge is 0.265 e. The summed E-state index contributed by atoms with van der Waals surface area (Å²) in [5.41, 5.74) is 1.03. The van der Waals surface area contributed by atoms with Gasteiger partial charge >= 0.3 is 0 Å². The first kappa shape index (κ1) is 18.4. The minimum absolute atomic E-state index is 0.287. The topological polar surface area (TPSA) is 59.9 Å². The molecule has 0 spiro atoms. The minimum atomic E-state index is -0.412. The van der Waals surface area contributed by atoms with E-state index in [2.05, 4.69) is 10.5 Å². The summed E-state index contributed by atoms with van der Waals surface area (Å²) >= 11 is 17.8. The molecule has 1 N–H and O–H groups in total. The average Bonchev–Trinajstić information content (AvgIpc) is 2.55. The van der Waals surface area contributed by atoms with E-state index in [1.165, 1.54) is 13.3 Å². The molecule has 0 radical (unpaired) electrons. The monoisotopic (exact) mass is 386 g/mol. The molecule has 0 unspecified atom stereocenters. The molecule has 24 heavy (non-hydrogen) atoms. The lowest BCUT2D eigenvalue weighted by atomic mass is 10.2. The molecule has 2 rings (SSSR count). The second-order valence-corrected chi connectivity index (χ2v) is 5.77. The van der Waals surface area contributed by atoms with Crippen LogP contribution in [0.15, 0.2) is 41.6 Å². The minimum Gasteiger partial charge on any atom is -0.495 e. The Hall–Kier alpha value is -1.95. The first-order chi connectivity index (χ1) is 11.5. The van der Waals surface area contributed by atoms with Crippen LogP contribution in [-0.2, 0) is 9.63 Å². The number of nitrogens with one attached hydrogen (secondary N) is 1. The van der Waals surface area contributed by atoms with Gasteiger partial charge in [-0.05, 0) is 24.3 Å². The van der Waals surface area contributed by atoms with Crippen LogP contribution in [0.5, 0.6) is 5.75 Å². The molecule has 0 saturated carbocycles. The number of anilines is 1. The number of methoxy groups -OCH3 is 1. The van der Waals surface area contributed by atoms with Gasteiger partial charge in [0.1, 0.15) is 5.75 Å². The molecule has 2 aromatic rings. The number of rotatable bonds is 6. The molecule has 8 heteroatoms. The van der Waals surface area contributed by atoms with Gasteiger partial charge in [-0.1, -0.05) is 52.1 Å². The number of halogens is 3. The van der Waals surface area contributed by atoms with Crippen LogP contribution in [0.3, 0.4) is 0 Å². The van der Waals surface area contributed by atoms with E-state index in [-0.39, 0.29) is 6.61 Å². The van der Waals surface area contributed by atoms with Gasteiger partial charge in [-0.15, -0.1) is 0 Å². The SMILES string of the molecule is COc1ccc(Cl)cc1NC(=O)CO/N=C\c1cccc(Cl)c1Cl. The van der Waals surface area contributed by atoms with E-state index in [0.29, 0.717) is 32.1 Å². The van der Waals surface area contributed by atoms with Crippen molar-refractivity contribution < 1.29 is 14.4 Å². The van der Waals surface area contributed by atoms with E-state index in [0.717, 1.165) is 0 Å². The summed E-state index contributed by atoms with van der Waals surface area (Å²) < 4.78 is 5.14. The van der Waals surface area contributed by atoms with Gasteiger partial charge in [0.15, 0.2) is 6.61 Å². The lowest BCUT2D eigenvalue weighted by Crippen LogP contribution is -2.17. The van der Waals surface area contributed by atoms with E-state index >= 15 is 0 Å². The van der Waals surface area contributed by atoms with Crippen molar-refractivity contribution in [3.05, 3.63) is 57.0 Å². The molecule has 0 saturated heterocycles. The standard InChI is InChI=1S/C16H13Cl3N2O3/c1-23-14-6-5-11(17)7-13(14)21-15(22)9-24-20-8-10-3-2-4-12(18)16(10)19/h2-8H,9H2,1H3,(H,21,22)/b20-8-. The lowest BCUT2D eigenvalue weighted by molar-refractivity contribution is -0.120. The van der Waals surface area contributed by atoms with Gasteiger partial charge in [0.2, 0.25) is 0 Å². The van der Waals surface area contributed by atoms with E-state index in [9.17, 15) is 4.79 Å². The predicted molar refractivity (Wildman–Crippen MR) is 96.6 cm³/mol. The fourth-order valence-corrected chi connectivity index (χ4v) is 2.30. The summed E-state index contributed by atoms with van der Waals surface area (Å²) in [6, 6.07) is 10.00. The number of oxime groups is 1. The van der Waals surface area contributed by atoms with Crippen molar-refractivity contribution in [2.75, 3.05) is 19.0 Å². The van der Waals surface area contributed by atoms with Crippen molar-refractivity contribution in [1.82, 2.24) is 0 Å². The third-order valence-corrected chi connectivity index (χ3v) is 3.95. The number of hydrogen-bond donors (Lipinski definition) is 1. The second-order valence-electron chi connectivity index (χ2n) is 4.54. The maximum Gasteiger partial charge on any atom is 0.265 e. The fourth-order valence-electron chi connectivity index (χ4n) is 1.77. The zero-order chi connectivity index (χ0) is 17.5. The average molecular weight is 388 g/mol. The molecule has 0 aromatic heterocycles. The third kappa shape index (κ3) is 5.03. The summed E-state index contributed by atoms with van der Waals surface area (Å²) in [4.78, 5) is 16.8. The van der Waals surface area contributed by atoms with E-state index in [1.54, 1.807) is 36.4 Å². The predicted octanol–water partition coefficient (Wildman–Crippen LogP) is 4.64. The molecule has 0 heterocycles. The fraction of sp³-hybridized carbons (Fsp3) is 0.125. The Morgan fingerprint density at radius 1 is 1.25 bits per heavy atom. The van der Waals surface area contributed by atoms with Crippen LogP contribution in [0.25, 0.3) is 0 Å². The second kappa shape index (κ2) is 8.78. The van der Waals surface area contributed by atoms with Gasteiger partial charge in [0.25, 0.3) is 5.91 Å². The zero-order valence-electron chi connectivity index (χ0n) is 12.6. The van der Waals surface area contributed by atoms with Crippen LogP contribution < -0.4 is 10.1 Å². The van der Waals surface area contributed by atoms with Gasteiger partial charge in [0, 0.05) is 10.6 Å². The molecule has 0 aliphatic carbocycles. The van der Waals surface area contributed by atoms with Crippen molar-refractivity contribution in [3.63, 3.8) is 0 Å². The number of nitrogens with zero attached hydrogens (tertiary/aromatic N) is 1. The van der Waals surface area contributed by atoms with Crippen LogP contribution >= 0.6 is 34.8 Å². The molecule has 0 bridgehead atoms. The highest BCUT2D eigenvalue weighted by atomic mass is 35.5. The van der Waals surface area contributed by atoms with Crippen molar-refractivity contribution in [3.8, 4) is 5.75 Å². The Morgan fingerprint density at radius 3 is 2.79 bits per heavy atom. The van der Waals surface area contributed by atoms with Crippen LogP contribution in [-0.4, -0.2) is 25.8 Å². The van der Waals surface area contributed by atoms with Gasteiger partial charge in [-0.2, -0.15) is 0 Å². The molecule has 5 nitrogen and oxygen atoms in total. The maximum atomic E-state index is 11.9. The van der Waals surface area contributed by atoms with Gasteiger partial charge in [0.05, 0.1) is 29.1 Å². The van der Waals surface area contributed by atoms with E-state index in [4.69, 9.17) is 44.4 Å². The number of carbonyl (C=O) groups excluding carboxylic acids is 1. The zero-order valence-corrected chi connectivity index (χ0v) is 14.8. The maximum absolute atomic E-state index is 11.9. The summed E-state index contributed by atoms with van der Waals surface area (Å²) in [5.74, 6) is 0.0758. The Morgan fingerprint density at radius 2 is 2.04 bits per heavy atom. The van der Waals surface area contributed by atoms with Crippen molar-refractivity contribution >= 4 is 52.6 Å². The molecule has 2 aromatic carbocycles. The number of hydrogen-bond acceptors (Lipinski definition) is 4. The molecular formula is C16H13Cl3N2O3. The lowest BCUT2D eigenvalue weighted by Gasteiger charge is -2.09. The van der Waals surface area contributed by atoms with Crippen LogP contribution in [0, 0.1) is 0 Å². The Kier molecular flexibility index (Phi) is 6.73. The highest BCUT2D eigenvalue weighted by Gasteiger charge is 2.09. The Bertz CT molecular complexity index is 766. The number of benzene rings is 2. The molecular weight excluding hydrogens is 375 g/mol. The molecule has 126 valence electrons. The first-order valence-corrected chi connectivity index (χ1v) is 7.87. The quantitative estimate of drug-likeness (QED) is 0.580. The molecule has 0 aliphatic rings. The van der Waals surface area contributed by atoms with Crippen molar-refractivity contribution in [1.29, 1.82) is 0 Å². The Balaban J connectivity index is 1.91. The van der Waals surface area contributed by atoms with E-state index in [1.807, 2.05) is 0 Å². The molecule has 0 fully saturated rings. The van der Waals surface area contributed by atoms with E-state index < -0.39 is 5.91 Å². The highest BCUT2D eigenvalue weighted by Crippen LogP contribution is 2.27. The van der Waals surface area contributed by atoms with Crippen molar-refractivity contribution in [2.24, 2.45) is 5.16 Å². The van der Waals surface area contributed by atoms with Gasteiger partial charge in [-0.3, -0.25) is 4.79 Å². The summed E-state index contributed by atoms with van der Waals surface area (Å²) in [7, 11) is 1.49. The largest absolute Gasteiger partial charge is 0.495 e. The van der Waals surface area contributed by atoms with Gasteiger partial charge < -0.3 is 14.9 Å². The Labute approximate surface area is 154 Å². The summed E-state index contributed by atoms with van der Waals surface area (Å²) in [6.07, 6.45) is 1.38. The summed E-state index contributed by atoms with van der Waals surface area (Å²) in [6.45, 7) is -0.287. The highest BCUT2D eigenvalue weighted by molar-refractivity contribution is 6.43. The molecule has 1 amide bonds. The number of ether oxygens (including phenoxy) is 1. The third-order valence-electron chi connectivity index (χ3n) is 2.88. The number of carbonyl (C=O) groups is 1. The summed E-state index contributed by atoms with van der Waals surface area (Å²) in [5, 5.41) is 7.57.